The normalized spacial score (nSPS) is 12.7. The van der Waals surface area contributed by atoms with E-state index in [1.165, 1.54) is 16.8 Å². The molecular weight excluding hydrogens is 271 g/mol. The van der Waals surface area contributed by atoms with Crippen molar-refractivity contribution >= 4 is 21.6 Å². The predicted molar refractivity (Wildman–Crippen MR) is 81.5 cm³/mol. The molecule has 1 unspecified atom stereocenters. The minimum absolute atomic E-state index is 0.149. The number of nitrogens with one attached hydrogen (secondary N) is 1. The third kappa shape index (κ3) is 2.71. The van der Waals surface area contributed by atoms with E-state index in [4.69, 9.17) is 0 Å². The van der Waals surface area contributed by atoms with E-state index >= 15 is 0 Å². The van der Waals surface area contributed by atoms with E-state index in [1.54, 1.807) is 11.3 Å². The molecule has 1 atom stereocenters. The van der Waals surface area contributed by atoms with Gasteiger partial charge in [-0.1, -0.05) is 24.3 Å². The summed E-state index contributed by atoms with van der Waals surface area (Å²) in [4.78, 5) is 4.65. The van der Waals surface area contributed by atoms with Crippen molar-refractivity contribution in [1.82, 2.24) is 10.3 Å². The Labute approximate surface area is 121 Å². The van der Waals surface area contributed by atoms with Crippen LogP contribution in [-0.2, 0) is 6.42 Å². The third-order valence-electron chi connectivity index (χ3n) is 3.34. The topological polar surface area (TPSA) is 24.9 Å². The van der Waals surface area contributed by atoms with Crippen LogP contribution in [0.1, 0.15) is 16.6 Å². The summed E-state index contributed by atoms with van der Waals surface area (Å²) in [5.41, 5.74) is 2.12. The molecule has 0 bridgehead atoms. The molecule has 0 aliphatic carbocycles. The molecule has 1 heterocycles. The van der Waals surface area contributed by atoms with E-state index in [9.17, 15) is 4.39 Å². The number of aromatic nitrogens is 1. The zero-order valence-electron chi connectivity index (χ0n) is 11.1. The molecule has 0 spiro atoms. The van der Waals surface area contributed by atoms with Crippen LogP contribution in [0.4, 0.5) is 4.39 Å². The molecular formula is C16H15FN2S. The van der Waals surface area contributed by atoms with Crippen molar-refractivity contribution in [2.75, 3.05) is 7.05 Å². The van der Waals surface area contributed by atoms with Crippen LogP contribution >= 0.6 is 11.3 Å². The van der Waals surface area contributed by atoms with Crippen molar-refractivity contribution in [2.45, 2.75) is 12.5 Å². The Hall–Kier alpha value is -1.78. The maximum Gasteiger partial charge on any atom is 0.123 e. The molecule has 4 heteroatoms. The Bertz CT molecular complexity index is 673. The number of nitrogens with zero attached hydrogens (tertiary/aromatic N) is 1. The number of fused-ring (bicyclic) bond motifs is 1. The maximum absolute atomic E-state index is 13.0. The number of para-hydroxylation sites is 1. The van der Waals surface area contributed by atoms with Gasteiger partial charge in [0, 0.05) is 12.5 Å². The average molecular weight is 286 g/mol. The summed E-state index contributed by atoms with van der Waals surface area (Å²) in [6.45, 7) is 0. The van der Waals surface area contributed by atoms with Crippen molar-refractivity contribution < 1.29 is 4.39 Å². The standard InChI is InChI=1S/C16H15FN2S/c1-18-14(11-6-8-12(17)9-7-11)10-16-19-13-4-2-3-5-15(13)20-16/h2-9,14,18H,10H2,1H3. The van der Waals surface area contributed by atoms with Crippen molar-refractivity contribution in [3.8, 4) is 0 Å². The van der Waals surface area contributed by atoms with E-state index < -0.39 is 0 Å². The van der Waals surface area contributed by atoms with Crippen molar-refractivity contribution in [3.05, 3.63) is 64.9 Å². The van der Waals surface area contributed by atoms with E-state index in [1.807, 2.05) is 37.4 Å². The van der Waals surface area contributed by atoms with Gasteiger partial charge >= 0.3 is 0 Å². The lowest BCUT2D eigenvalue weighted by molar-refractivity contribution is 0.585. The Morgan fingerprint density at radius 1 is 1.15 bits per heavy atom. The van der Waals surface area contributed by atoms with Crippen molar-refractivity contribution in [2.24, 2.45) is 0 Å². The monoisotopic (exact) mass is 286 g/mol. The van der Waals surface area contributed by atoms with Gasteiger partial charge in [0.05, 0.1) is 15.2 Å². The van der Waals surface area contributed by atoms with Crippen LogP contribution in [0.25, 0.3) is 10.2 Å². The Morgan fingerprint density at radius 3 is 2.60 bits per heavy atom. The maximum atomic E-state index is 13.0. The molecule has 20 heavy (non-hydrogen) atoms. The molecule has 1 N–H and O–H groups in total. The summed E-state index contributed by atoms with van der Waals surface area (Å²) < 4.78 is 14.2. The summed E-state index contributed by atoms with van der Waals surface area (Å²) in [7, 11) is 1.92. The molecule has 0 aliphatic rings. The van der Waals surface area contributed by atoms with E-state index in [0.717, 1.165) is 22.5 Å². The first-order chi connectivity index (χ1) is 9.76. The Kier molecular flexibility index (Phi) is 3.76. The highest BCUT2D eigenvalue weighted by molar-refractivity contribution is 7.18. The van der Waals surface area contributed by atoms with Gasteiger partial charge in [0.25, 0.3) is 0 Å². The molecule has 0 saturated carbocycles. The predicted octanol–water partition coefficient (Wildman–Crippen LogP) is 3.94. The van der Waals surface area contributed by atoms with Gasteiger partial charge in [-0.05, 0) is 36.9 Å². The minimum atomic E-state index is -0.205. The van der Waals surface area contributed by atoms with Gasteiger partial charge < -0.3 is 5.32 Å². The third-order valence-corrected chi connectivity index (χ3v) is 4.40. The fraction of sp³-hybridized carbons (Fsp3) is 0.188. The van der Waals surface area contributed by atoms with Gasteiger partial charge in [-0.2, -0.15) is 0 Å². The first-order valence-electron chi connectivity index (χ1n) is 6.53. The van der Waals surface area contributed by atoms with Gasteiger partial charge in [0.15, 0.2) is 0 Å². The van der Waals surface area contributed by atoms with Gasteiger partial charge in [0.2, 0.25) is 0 Å². The summed E-state index contributed by atoms with van der Waals surface area (Å²) in [6, 6.07) is 14.9. The van der Waals surface area contributed by atoms with Crippen LogP contribution in [0, 0.1) is 5.82 Å². The highest BCUT2D eigenvalue weighted by atomic mass is 32.1. The molecule has 2 nitrogen and oxygen atoms in total. The molecule has 0 amide bonds. The highest BCUT2D eigenvalue weighted by Gasteiger charge is 2.13. The number of hydrogen-bond acceptors (Lipinski definition) is 3. The fourth-order valence-electron chi connectivity index (χ4n) is 2.26. The molecule has 0 fully saturated rings. The first kappa shape index (κ1) is 13.2. The fourth-order valence-corrected chi connectivity index (χ4v) is 3.28. The number of benzene rings is 2. The molecule has 3 aromatic rings. The molecule has 1 aromatic heterocycles. The number of rotatable bonds is 4. The van der Waals surface area contributed by atoms with Crippen molar-refractivity contribution in [3.63, 3.8) is 0 Å². The molecule has 3 rings (SSSR count). The average Bonchev–Trinajstić information content (AvgIpc) is 2.88. The van der Waals surface area contributed by atoms with Crippen LogP contribution < -0.4 is 5.32 Å². The van der Waals surface area contributed by atoms with Gasteiger partial charge in [-0.15, -0.1) is 11.3 Å². The van der Waals surface area contributed by atoms with Gasteiger partial charge in [-0.25, -0.2) is 9.37 Å². The Morgan fingerprint density at radius 2 is 1.90 bits per heavy atom. The summed E-state index contributed by atoms with van der Waals surface area (Å²) >= 11 is 1.71. The summed E-state index contributed by atoms with van der Waals surface area (Å²) in [5.74, 6) is -0.205. The lowest BCUT2D eigenvalue weighted by atomic mass is 10.0. The second kappa shape index (κ2) is 5.69. The lowest BCUT2D eigenvalue weighted by Crippen LogP contribution is -2.18. The molecule has 2 aromatic carbocycles. The van der Waals surface area contributed by atoms with E-state index in [0.29, 0.717) is 0 Å². The molecule has 102 valence electrons. The van der Waals surface area contributed by atoms with Crippen LogP contribution in [0.2, 0.25) is 0 Å². The van der Waals surface area contributed by atoms with Crippen molar-refractivity contribution in [1.29, 1.82) is 0 Å². The van der Waals surface area contributed by atoms with E-state index in [-0.39, 0.29) is 11.9 Å². The second-order valence-electron chi connectivity index (χ2n) is 4.67. The van der Waals surface area contributed by atoms with E-state index in [2.05, 4.69) is 16.4 Å². The summed E-state index contributed by atoms with van der Waals surface area (Å²) in [6.07, 6.45) is 0.807. The second-order valence-corrected chi connectivity index (χ2v) is 5.79. The zero-order chi connectivity index (χ0) is 13.9. The van der Waals surface area contributed by atoms with Gasteiger partial charge in [-0.3, -0.25) is 0 Å². The number of hydrogen-bond donors (Lipinski definition) is 1. The summed E-state index contributed by atoms with van der Waals surface area (Å²) in [5, 5.41) is 4.37. The minimum Gasteiger partial charge on any atom is -0.313 e. The number of thiazole rings is 1. The van der Waals surface area contributed by atoms with Crippen LogP contribution in [-0.4, -0.2) is 12.0 Å². The van der Waals surface area contributed by atoms with Crippen LogP contribution in [0.15, 0.2) is 48.5 Å². The largest absolute Gasteiger partial charge is 0.313 e. The number of likely N-dealkylation sites (N-methyl/N-ethyl adjacent to an activating group) is 1. The quantitative estimate of drug-likeness (QED) is 0.786. The Balaban J connectivity index is 1.85. The molecule has 0 saturated heterocycles. The van der Waals surface area contributed by atoms with Crippen LogP contribution in [0.5, 0.6) is 0 Å². The number of halogens is 1. The molecule has 0 radical (unpaired) electrons. The zero-order valence-corrected chi connectivity index (χ0v) is 12.0. The molecule has 0 aliphatic heterocycles. The smallest absolute Gasteiger partial charge is 0.123 e. The highest BCUT2D eigenvalue weighted by Crippen LogP contribution is 2.26. The first-order valence-corrected chi connectivity index (χ1v) is 7.35. The lowest BCUT2D eigenvalue weighted by Gasteiger charge is -2.15. The van der Waals surface area contributed by atoms with Crippen LogP contribution in [0.3, 0.4) is 0 Å². The SMILES string of the molecule is CNC(Cc1nc2ccccc2s1)c1ccc(F)cc1. The van der Waals surface area contributed by atoms with Gasteiger partial charge in [0.1, 0.15) is 5.82 Å².